The summed E-state index contributed by atoms with van der Waals surface area (Å²) >= 11 is 0. The molecule has 1 fully saturated rings. The van der Waals surface area contributed by atoms with Crippen molar-refractivity contribution in [1.29, 1.82) is 0 Å². The van der Waals surface area contributed by atoms with Crippen molar-refractivity contribution in [1.82, 2.24) is 0 Å². The summed E-state index contributed by atoms with van der Waals surface area (Å²) in [5.41, 5.74) is 5.95. The molecule has 2 N–H and O–H groups in total. The maximum atomic E-state index is 5.95. The van der Waals surface area contributed by atoms with Gasteiger partial charge in [-0.05, 0) is 24.7 Å². The van der Waals surface area contributed by atoms with Gasteiger partial charge in [-0.2, -0.15) is 0 Å². The summed E-state index contributed by atoms with van der Waals surface area (Å²) in [4.78, 5) is 0. The molecule has 1 aliphatic heterocycles. The van der Waals surface area contributed by atoms with Crippen LogP contribution in [0.15, 0.2) is 0 Å². The SMILES string of the molecule is CC(C)C[C@@H]1COCC[C@@H]1N. The average Bonchev–Trinajstić information content (AvgIpc) is 1.93. The third-order valence-corrected chi connectivity index (χ3v) is 2.31. The number of rotatable bonds is 2. The minimum Gasteiger partial charge on any atom is -0.381 e. The minimum atomic E-state index is 0.381. The van der Waals surface area contributed by atoms with Crippen LogP contribution in [0.1, 0.15) is 26.7 Å². The lowest BCUT2D eigenvalue weighted by atomic mass is 9.89. The fourth-order valence-electron chi connectivity index (χ4n) is 1.66. The molecule has 0 aromatic carbocycles. The Morgan fingerprint density at radius 1 is 1.55 bits per heavy atom. The molecule has 66 valence electrons. The second-order valence-corrected chi connectivity index (χ2v) is 3.92. The summed E-state index contributed by atoms with van der Waals surface area (Å²) in [5.74, 6) is 1.34. The third-order valence-electron chi connectivity index (χ3n) is 2.31. The van der Waals surface area contributed by atoms with Gasteiger partial charge in [-0.25, -0.2) is 0 Å². The van der Waals surface area contributed by atoms with Crippen LogP contribution in [-0.2, 0) is 4.74 Å². The van der Waals surface area contributed by atoms with E-state index in [0.29, 0.717) is 12.0 Å². The Bertz CT molecular complexity index is 114. The Hall–Kier alpha value is -0.0800. The summed E-state index contributed by atoms with van der Waals surface area (Å²) in [6, 6.07) is 0.381. The van der Waals surface area contributed by atoms with Crippen molar-refractivity contribution < 1.29 is 4.74 Å². The molecule has 1 rings (SSSR count). The van der Waals surface area contributed by atoms with Crippen LogP contribution in [-0.4, -0.2) is 19.3 Å². The molecule has 11 heavy (non-hydrogen) atoms. The summed E-state index contributed by atoms with van der Waals surface area (Å²) in [6.45, 7) is 6.21. The highest BCUT2D eigenvalue weighted by atomic mass is 16.5. The van der Waals surface area contributed by atoms with Crippen molar-refractivity contribution in [2.24, 2.45) is 17.6 Å². The number of nitrogens with two attached hydrogens (primary N) is 1. The molecule has 0 aromatic rings. The predicted octanol–water partition coefficient (Wildman–Crippen LogP) is 1.40. The van der Waals surface area contributed by atoms with E-state index in [1.165, 1.54) is 6.42 Å². The zero-order valence-electron chi connectivity index (χ0n) is 7.55. The van der Waals surface area contributed by atoms with Gasteiger partial charge >= 0.3 is 0 Å². The van der Waals surface area contributed by atoms with E-state index in [-0.39, 0.29) is 0 Å². The van der Waals surface area contributed by atoms with Gasteiger partial charge in [-0.3, -0.25) is 0 Å². The van der Waals surface area contributed by atoms with Crippen molar-refractivity contribution in [3.05, 3.63) is 0 Å². The topological polar surface area (TPSA) is 35.2 Å². The van der Waals surface area contributed by atoms with Crippen LogP contribution < -0.4 is 5.73 Å². The van der Waals surface area contributed by atoms with Crippen LogP contribution in [0.25, 0.3) is 0 Å². The minimum absolute atomic E-state index is 0.381. The number of hydrogen-bond donors (Lipinski definition) is 1. The first-order valence-corrected chi connectivity index (χ1v) is 4.53. The fraction of sp³-hybridized carbons (Fsp3) is 1.00. The normalized spacial score (nSPS) is 32.7. The first-order valence-electron chi connectivity index (χ1n) is 4.53. The molecule has 0 spiro atoms. The van der Waals surface area contributed by atoms with E-state index >= 15 is 0 Å². The first kappa shape index (κ1) is 9.01. The van der Waals surface area contributed by atoms with Gasteiger partial charge in [0.25, 0.3) is 0 Å². The quantitative estimate of drug-likeness (QED) is 0.657. The summed E-state index contributed by atoms with van der Waals surface area (Å²) in [7, 11) is 0. The van der Waals surface area contributed by atoms with E-state index < -0.39 is 0 Å². The highest BCUT2D eigenvalue weighted by molar-refractivity contribution is 4.76. The number of ether oxygens (including phenoxy) is 1. The molecule has 0 bridgehead atoms. The van der Waals surface area contributed by atoms with Crippen LogP contribution in [0.4, 0.5) is 0 Å². The summed E-state index contributed by atoms with van der Waals surface area (Å²) < 4.78 is 5.37. The molecule has 0 aromatic heterocycles. The fourth-order valence-corrected chi connectivity index (χ4v) is 1.66. The Morgan fingerprint density at radius 3 is 2.82 bits per heavy atom. The molecule has 1 heterocycles. The zero-order chi connectivity index (χ0) is 8.27. The van der Waals surface area contributed by atoms with Crippen LogP contribution in [0.5, 0.6) is 0 Å². The van der Waals surface area contributed by atoms with Gasteiger partial charge in [0.2, 0.25) is 0 Å². The smallest absolute Gasteiger partial charge is 0.0509 e. The van der Waals surface area contributed by atoms with E-state index in [4.69, 9.17) is 10.5 Å². The van der Waals surface area contributed by atoms with E-state index in [1.54, 1.807) is 0 Å². The van der Waals surface area contributed by atoms with Crippen molar-refractivity contribution >= 4 is 0 Å². The second-order valence-electron chi connectivity index (χ2n) is 3.92. The third kappa shape index (κ3) is 2.80. The lowest BCUT2D eigenvalue weighted by Gasteiger charge is -2.29. The first-order chi connectivity index (χ1) is 5.20. The molecule has 0 radical (unpaired) electrons. The van der Waals surface area contributed by atoms with Crippen LogP contribution in [0.2, 0.25) is 0 Å². The molecule has 1 aliphatic rings. The van der Waals surface area contributed by atoms with Gasteiger partial charge in [0.15, 0.2) is 0 Å². The predicted molar refractivity (Wildman–Crippen MR) is 46.4 cm³/mol. The van der Waals surface area contributed by atoms with E-state index in [9.17, 15) is 0 Å². The van der Waals surface area contributed by atoms with Crippen molar-refractivity contribution in [2.75, 3.05) is 13.2 Å². The van der Waals surface area contributed by atoms with E-state index in [0.717, 1.165) is 25.6 Å². The average molecular weight is 157 g/mol. The molecule has 0 amide bonds. The van der Waals surface area contributed by atoms with Gasteiger partial charge in [-0.1, -0.05) is 13.8 Å². The van der Waals surface area contributed by atoms with Crippen LogP contribution in [0.3, 0.4) is 0 Å². The molecular formula is C9H19NO. The molecule has 2 atom stereocenters. The van der Waals surface area contributed by atoms with Gasteiger partial charge in [0.1, 0.15) is 0 Å². The Labute approximate surface area is 69.1 Å². The molecule has 2 heteroatoms. The monoisotopic (exact) mass is 157 g/mol. The highest BCUT2D eigenvalue weighted by Crippen LogP contribution is 2.20. The van der Waals surface area contributed by atoms with Gasteiger partial charge in [0, 0.05) is 12.6 Å². The largest absolute Gasteiger partial charge is 0.381 e. The Balaban J connectivity index is 2.29. The zero-order valence-corrected chi connectivity index (χ0v) is 7.55. The standard InChI is InChI=1S/C9H19NO/c1-7(2)5-8-6-11-4-3-9(8)10/h7-9H,3-6,10H2,1-2H3/t8-,9+/m1/s1. The van der Waals surface area contributed by atoms with Crippen molar-refractivity contribution in [3.63, 3.8) is 0 Å². The van der Waals surface area contributed by atoms with E-state index in [2.05, 4.69) is 13.8 Å². The highest BCUT2D eigenvalue weighted by Gasteiger charge is 2.22. The lowest BCUT2D eigenvalue weighted by molar-refractivity contribution is 0.0341. The van der Waals surface area contributed by atoms with Gasteiger partial charge in [0.05, 0.1) is 6.61 Å². The molecule has 0 unspecified atom stereocenters. The summed E-state index contributed by atoms with van der Waals surface area (Å²) in [5, 5.41) is 0. The van der Waals surface area contributed by atoms with Crippen molar-refractivity contribution in [3.8, 4) is 0 Å². The molecule has 0 aliphatic carbocycles. The van der Waals surface area contributed by atoms with Gasteiger partial charge < -0.3 is 10.5 Å². The molecular weight excluding hydrogens is 138 g/mol. The molecule has 1 saturated heterocycles. The Morgan fingerprint density at radius 2 is 2.27 bits per heavy atom. The lowest BCUT2D eigenvalue weighted by Crippen LogP contribution is -2.39. The maximum Gasteiger partial charge on any atom is 0.0509 e. The molecule has 0 saturated carbocycles. The van der Waals surface area contributed by atoms with Crippen molar-refractivity contribution in [2.45, 2.75) is 32.7 Å². The maximum absolute atomic E-state index is 5.95. The van der Waals surface area contributed by atoms with Crippen LogP contribution in [0, 0.1) is 11.8 Å². The van der Waals surface area contributed by atoms with Gasteiger partial charge in [-0.15, -0.1) is 0 Å². The van der Waals surface area contributed by atoms with Crippen LogP contribution >= 0.6 is 0 Å². The second kappa shape index (κ2) is 4.07. The summed E-state index contributed by atoms with van der Waals surface area (Å²) in [6.07, 6.45) is 2.25. The Kier molecular flexibility index (Phi) is 3.34. The number of hydrogen-bond acceptors (Lipinski definition) is 2. The molecule has 2 nitrogen and oxygen atoms in total. The van der Waals surface area contributed by atoms with E-state index in [1.807, 2.05) is 0 Å².